The zero-order valence-corrected chi connectivity index (χ0v) is 9.72. The summed E-state index contributed by atoms with van der Waals surface area (Å²) in [5.41, 5.74) is 0. The topological polar surface area (TPSA) is 21.8 Å². The highest BCUT2D eigenvalue weighted by Crippen LogP contribution is 2.31. The maximum Gasteiger partial charge on any atom is 0.104 e. The van der Waals surface area contributed by atoms with Gasteiger partial charge in [0.2, 0.25) is 0 Å². The summed E-state index contributed by atoms with van der Waals surface area (Å²) in [6, 6.07) is 0. The van der Waals surface area contributed by atoms with E-state index in [1.807, 2.05) is 11.8 Å². The molecule has 0 amide bonds. The first-order chi connectivity index (χ1) is 6.88. The number of hydrogen-bond donors (Lipinski definition) is 0. The van der Waals surface area contributed by atoms with E-state index in [2.05, 4.69) is 6.26 Å². The van der Waals surface area contributed by atoms with E-state index in [0.29, 0.717) is 6.10 Å². The Morgan fingerprint density at radius 2 is 2.21 bits per heavy atom. The lowest BCUT2D eigenvalue weighted by Crippen LogP contribution is -2.22. The molecular weight excluding hydrogens is 196 g/mol. The molecule has 2 fully saturated rings. The average Bonchev–Trinajstić information content (AvgIpc) is 3.02. The van der Waals surface area contributed by atoms with Gasteiger partial charge in [-0.3, -0.25) is 0 Å². The summed E-state index contributed by atoms with van der Waals surface area (Å²) in [5.74, 6) is 0.806. The van der Waals surface area contributed by atoms with Crippen LogP contribution in [0.3, 0.4) is 0 Å². The normalized spacial score (nSPS) is 37.1. The molecule has 0 aromatic heterocycles. The fraction of sp³-hybridized carbons (Fsp3) is 1.00. The molecule has 1 saturated carbocycles. The highest BCUT2D eigenvalue weighted by atomic mass is 32.2. The second-order valence-corrected chi connectivity index (χ2v) is 5.52. The van der Waals surface area contributed by atoms with Crippen molar-refractivity contribution in [3.05, 3.63) is 0 Å². The van der Waals surface area contributed by atoms with Crippen molar-refractivity contribution < 1.29 is 9.47 Å². The highest BCUT2D eigenvalue weighted by Gasteiger charge is 2.25. The Morgan fingerprint density at radius 3 is 2.93 bits per heavy atom. The molecule has 1 aliphatic heterocycles. The van der Waals surface area contributed by atoms with Gasteiger partial charge in [0.05, 0.1) is 13.2 Å². The first-order valence-corrected chi connectivity index (χ1v) is 6.89. The van der Waals surface area contributed by atoms with Crippen molar-refractivity contribution in [2.45, 2.75) is 37.0 Å². The van der Waals surface area contributed by atoms with Gasteiger partial charge in [-0.05, 0) is 31.4 Å². The SMILES string of the molecule is CSC1CCCC(COCC2CO2)C1. The Balaban J connectivity index is 1.58. The van der Waals surface area contributed by atoms with Crippen molar-refractivity contribution in [2.75, 3.05) is 26.1 Å². The van der Waals surface area contributed by atoms with Gasteiger partial charge in [-0.15, -0.1) is 0 Å². The summed E-state index contributed by atoms with van der Waals surface area (Å²) >= 11 is 2.02. The molecule has 3 unspecified atom stereocenters. The summed E-state index contributed by atoms with van der Waals surface area (Å²) in [6.07, 6.45) is 8.17. The van der Waals surface area contributed by atoms with Crippen LogP contribution in [-0.4, -0.2) is 37.4 Å². The van der Waals surface area contributed by atoms with E-state index in [1.54, 1.807) is 0 Å². The lowest BCUT2D eigenvalue weighted by atomic mass is 9.89. The molecule has 0 spiro atoms. The third kappa shape index (κ3) is 3.44. The van der Waals surface area contributed by atoms with Gasteiger partial charge in [-0.1, -0.05) is 6.42 Å². The molecule has 3 heteroatoms. The van der Waals surface area contributed by atoms with Crippen LogP contribution >= 0.6 is 11.8 Å². The summed E-state index contributed by atoms with van der Waals surface area (Å²) < 4.78 is 10.8. The molecule has 3 atom stereocenters. The molecule has 1 heterocycles. The fourth-order valence-electron chi connectivity index (χ4n) is 2.14. The van der Waals surface area contributed by atoms with Crippen molar-refractivity contribution >= 4 is 11.8 Å². The van der Waals surface area contributed by atoms with Crippen LogP contribution in [0.1, 0.15) is 25.7 Å². The third-order valence-electron chi connectivity index (χ3n) is 3.13. The predicted octanol–water partition coefficient (Wildman–Crippen LogP) is 2.32. The predicted molar refractivity (Wildman–Crippen MR) is 59.8 cm³/mol. The van der Waals surface area contributed by atoms with Gasteiger partial charge >= 0.3 is 0 Å². The zero-order chi connectivity index (χ0) is 9.80. The van der Waals surface area contributed by atoms with Crippen molar-refractivity contribution in [3.63, 3.8) is 0 Å². The van der Waals surface area contributed by atoms with Gasteiger partial charge in [-0.25, -0.2) is 0 Å². The Labute approximate surface area is 90.7 Å². The minimum atomic E-state index is 0.426. The third-order valence-corrected chi connectivity index (χ3v) is 4.22. The second kappa shape index (κ2) is 5.38. The standard InChI is InChI=1S/C11H20O2S/c1-14-11-4-2-3-9(5-11)6-12-7-10-8-13-10/h9-11H,2-8H2,1H3. The highest BCUT2D eigenvalue weighted by molar-refractivity contribution is 7.99. The van der Waals surface area contributed by atoms with E-state index in [0.717, 1.165) is 31.0 Å². The molecular formula is C11H20O2S. The maximum absolute atomic E-state index is 5.66. The second-order valence-electron chi connectivity index (χ2n) is 4.38. The minimum absolute atomic E-state index is 0.426. The number of rotatable bonds is 5. The van der Waals surface area contributed by atoms with E-state index in [9.17, 15) is 0 Å². The van der Waals surface area contributed by atoms with Crippen molar-refractivity contribution in [3.8, 4) is 0 Å². The monoisotopic (exact) mass is 216 g/mol. The zero-order valence-electron chi connectivity index (χ0n) is 8.91. The van der Waals surface area contributed by atoms with Gasteiger partial charge in [0.15, 0.2) is 0 Å². The van der Waals surface area contributed by atoms with Gasteiger partial charge < -0.3 is 9.47 Å². The van der Waals surface area contributed by atoms with Crippen LogP contribution in [0.5, 0.6) is 0 Å². The number of epoxide rings is 1. The van der Waals surface area contributed by atoms with E-state index in [-0.39, 0.29) is 0 Å². The van der Waals surface area contributed by atoms with Gasteiger partial charge in [0.1, 0.15) is 6.10 Å². The van der Waals surface area contributed by atoms with Crippen molar-refractivity contribution in [2.24, 2.45) is 5.92 Å². The summed E-state index contributed by atoms with van der Waals surface area (Å²) in [6.45, 7) is 2.69. The molecule has 0 aromatic carbocycles. The fourth-order valence-corrected chi connectivity index (χ4v) is 3.00. The molecule has 0 aromatic rings. The quantitative estimate of drug-likeness (QED) is 0.658. The van der Waals surface area contributed by atoms with Crippen LogP contribution in [0.25, 0.3) is 0 Å². The lowest BCUT2D eigenvalue weighted by Gasteiger charge is -2.27. The van der Waals surface area contributed by atoms with Crippen LogP contribution in [0.4, 0.5) is 0 Å². The molecule has 2 aliphatic rings. The number of ether oxygens (including phenoxy) is 2. The molecule has 1 aliphatic carbocycles. The summed E-state index contributed by atoms with van der Waals surface area (Å²) in [4.78, 5) is 0. The lowest BCUT2D eigenvalue weighted by molar-refractivity contribution is 0.0747. The van der Waals surface area contributed by atoms with E-state index >= 15 is 0 Å². The smallest absolute Gasteiger partial charge is 0.104 e. The van der Waals surface area contributed by atoms with Gasteiger partial charge in [0.25, 0.3) is 0 Å². The van der Waals surface area contributed by atoms with Crippen molar-refractivity contribution in [1.29, 1.82) is 0 Å². The molecule has 2 rings (SSSR count). The molecule has 0 radical (unpaired) electrons. The Morgan fingerprint density at radius 1 is 1.36 bits per heavy atom. The minimum Gasteiger partial charge on any atom is -0.378 e. The molecule has 1 saturated heterocycles. The van der Waals surface area contributed by atoms with Crippen molar-refractivity contribution in [1.82, 2.24) is 0 Å². The first-order valence-electron chi connectivity index (χ1n) is 5.60. The van der Waals surface area contributed by atoms with Gasteiger partial charge in [0, 0.05) is 11.9 Å². The molecule has 0 N–H and O–H groups in total. The Kier molecular flexibility index (Phi) is 4.14. The Bertz CT molecular complexity index is 171. The van der Waals surface area contributed by atoms with Crippen LogP contribution in [0, 0.1) is 5.92 Å². The maximum atomic E-state index is 5.66. The molecule has 0 bridgehead atoms. The van der Waals surface area contributed by atoms with Crippen LogP contribution in [0.2, 0.25) is 0 Å². The van der Waals surface area contributed by atoms with Crippen LogP contribution in [0.15, 0.2) is 0 Å². The number of hydrogen-bond acceptors (Lipinski definition) is 3. The van der Waals surface area contributed by atoms with Crippen LogP contribution in [-0.2, 0) is 9.47 Å². The van der Waals surface area contributed by atoms with E-state index < -0.39 is 0 Å². The molecule has 82 valence electrons. The first kappa shape index (κ1) is 10.8. The Hall–Kier alpha value is 0.270. The number of thioether (sulfide) groups is 1. The van der Waals surface area contributed by atoms with Crippen LogP contribution < -0.4 is 0 Å². The summed E-state index contributed by atoms with van der Waals surface area (Å²) in [7, 11) is 0. The van der Waals surface area contributed by atoms with E-state index in [4.69, 9.17) is 9.47 Å². The van der Waals surface area contributed by atoms with Gasteiger partial charge in [-0.2, -0.15) is 11.8 Å². The molecule has 14 heavy (non-hydrogen) atoms. The largest absolute Gasteiger partial charge is 0.378 e. The average molecular weight is 216 g/mol. The van der Waals surface area contributed by atoms with E-state index in [1.165, 1.54) is 25.7 Å². The molecule has 2 nitrogen and oxygen atoms in total. The summed E-state index contributed by atoms with van der Waals surface area (Å²) in [5, 5.41) is 0.884.